The fraction of sp³-hybridized carbons (Fsp3) is 0.603. The van der Waals surface area contributed by atoms with Gasteiger partial charge in [0.05, 0.1) is 0 Å². The van der Waals surface area contributed by atoms with Crippen LogP contribution >= 0.6 is 0 Å². The van der Waals surface area contributed by atoms with Crippen molar-refractivity contribution in [2.75, 3.05) is 13.2 Å². The van der Waals surface area contributed by atoms with Gasteiger partial charge in [0.25, 0.3) is 0 Å². The van der Waals surface area contributed by atoms with Gasteiger partial charge >= 0.3 is 17.9 Å². The molecule has 1 unspecified atom stereocenters. The predicted molar refractivity (Wildman–Crippen MR) is 297 cm³/mol. The van der Waals surface area contributed by atoms with Crippen LogP contribution in [-0.4, -0.2) is 37.2 Å². The van der Waals surface area contributed by atoms with Gasteiger partial charge in [0, 0.05) is 19.3 Å². The number of hydrogen-bond acceptors (Lipinski definition) is 6. The summed E-state index contributed by atoms with van der Waals surface area (Å²) in [7, 11) is 0. The number of esters is 3. The van der Waals surface area contributed by atoms with Crippen LogP contribution in [0.15, 0.2) is 134 Å². The summed E-state index contributed by atoms with van der Waals surface area (Å²) in [5, 5.41) is 0. The predicted octanol–water partition coefficient (Wildman–Crippen LogP) is 18.6. The van der Waals surface area contributed by atoms with Gasteiger partial charge in [-0.25, -0.2) is 0 Å². The van der Waals surface area contributed by atoms with Crippen LogP contribution in [-0.2, 0) is 28.6 Å². The highest BCUT2D eigenvalue weighted by Gasteiger charge is 2.19. The average Bonchev–Trinajstić information content (AvgIpc) is 3.35. The molecule has 0 N–H and O–H groups in total. The fourth-order valence-electron chi connectivity index (χ4n) is 7.05. The van der Waals surface area contributed by atoms with E-state index >= 15 is 0 Å². The summed E-state index contributed by atoms with van der Waals surface area (Å²) in [6.45, 7) is 6.37. The van der Waals surface area contributed by atoms with Gasteiger partial charge in [-0.1, -0.05) is 225 Å². The number of hydrogen-bond donors (Lipinski definition) is 0. The van der Waals surface area contributed by atoms with Gasteiger partial charge in [-0.3, -0.25) is 14.4 Å². The third-order valence-electron chi connectivity index (χ3n) is 11.2. The highest BCUT2D eigenvalue weighted by Crippen LogP contribution is 2.12. The first kappa shape index (κ1) is 64.5. The smallest absolute Gasteiger partial charge is 0.306 e. The molecule has 6 heteroatoms. The van der Waals surface area contributed by atoms with Crippen molar-refractivity contribution in [1.29, 1.82) is 0 Å². The van der Waals surface area contributed by atoms with Gasteiger partial charge in [-0.15, -0.1) is 0 Å². The van der Waals surface area contributed by atoms with Gasteiger partial charge < -0.3 is 14.2 Å². The molecule has 6 nitrogen and oxygen atoms in total. The molecule has 0 fully saturated rings. The van der Waals surface area contributed by atoms with Crippen molar-refractivity contribution in [3.8, 4) is 0 Å². The highest BCUT2D eigenvalue weighted by atomic mass is 16.6. The molecule has 0 spiro atoms. The van der Waals surface area contributed by atoms with Crippen molar-refractivity contribution < 1.29 is 28.6 Å². The Morgan fingerprint density at radius 3 is 1.06 bits per heavy atom. The number of carbonyl (C=O) groups excluding carboxylic acids is 3. The van der Waals surface area contributed by atoms with Crippen molar-refractivity contribution >= 4 is 17.9 Å². The van der Waals surface area contributed by atoms with Crippen LogP contribution in [0.3, 0.4) is 0 Å². The molecule has 0 saturated carbocycles. The molecule has 0 aliphatic carbocycles. The molecule has 0 aromatic rings. The summed E-state index contributed by atoms with van der Waals surface area (Å²) >= 11 is 0. The molecule has 1 atom stereocenters. The SMILES string of the molecule is CC/C=C\C/C=C\C/C=C\CCCCCCCCC(=O)OCC(COC(=O)CCCCCCC\C=C/C=C\C=C/C=C\CCCCC)OC(=O)CCC/C=C\C/C=C\C/C=C\C/C=C\CCCCC. The first-order chi connectivity index (χ1) is 34.0. The van der Waals surface area contributed by atoms with E-state index in [0.717, 1.165) is 122 Å². The summed E-state index contributed by atoms with van der Waals surface area (Å²) < 4.78 is 16.8. The topological polar surface area (TPSA) is 78.9 Å². The maximum Gasteiger partial charge on any atom is 0.306 e. The lowest BCUT2D eigenvalue weighted by atomic mass is 10.1. The molecule has 0 rings (SSSR count). The minimum atomic E-state index is -0.828. The van der Waals surface area contributed by atoms with Crippen LogP contribution < -0.4 is 0 Å². The maximum absolute atomic E-state index is 12.8. The summed E-state index contributed by atoms with van der Waals surface area (Å²) in [6.07, 6.45) is 78.6. The molecule has 0 amide bonds. The van der Waals surface area contributed by atoms with Crippen molar-refractivity contribution in [1.82, 2.24) is 0 Å². The van der Waals surface area contributed by atoms with Crippen LogP contribution in [0, 0.1) is 0 Å². The van der Waals surface area contributed by atoms with Crippen molar-refractivity contribution in [3.05, 3.63) is 134 Å². The van der Waals surface area contributed by atoms with Crippen LogP contribution in [0.2, 0.25) is 0 Å². The Labute approximate surface area is 424 Å². The van der Waals surface area contributed by atoms with Gasteiger partial charge in [-0.05, 0) is 116 Å². The molecule has 0 aromatic heterocycles. The van der Waals surface area contributed by atoms with E-state index < -0.39 is 6.10 Å². The standard InChI is InChI=1S/C63H100O6/c1-4-7-10-13-16-19-22-25-28-31-33-35-38-41-44-47-50-53-56-62(65)68-59-60(58-67-61(64)55-52-49-46-43-40-37-34-30-27-24-21-18-15-12-9-6-3)69-63(66)57-54-51-48-45-42-39-36-32-29-26-23-20-17-14-11-8-5-2/h9,12,16-22,25-31,33,35-36,39,45,48,60H,4-8,10-11,13-15,23-24,32,34,37-38,40-44,46-47,49-59H2,1-3H3/b12-9-,19-16-,20-17-,21-18-,25-22-,29-26-,30-27-,31-28-,35-33-,39-36-,48-45-. The third-order valence-corrected chi connectivity index (χ3v) is 11.2. The van der Waals surface area contributed by atoms with E-state index in [9.17, 15) is 14.4 Å². The molecule has 0 heterocycles. The largest absolute Gasteiger partial charge is 0.462 e. The number of carbonyl (C=O) groups is 3. The molecule has 0 radical (unpaired) electrons. The second-order valence-electron chi connectivity index (χ2n) is 17.8. The summed E-state index contributed by atoms with van der Waals surface area (Å²) in [5.74, 6) is -1.02. The zero-order valence-electron chi connectivity index (χ0n) is 44.3. The zero-order chi connectivity index (χ0) is 50.0. The lowest BCUT2D eigenvalue weighted by Crippen LogP contribution is -2.30. The summed E-state index contributed by atoms with van der Waals surface area (Å²) in [5.41, 5.74) is 0. The Hall–Kier alpha value is -4.45. The van der Waals surface area contributed by atoms with Crippen LogP contribution in [0.5, 0.6) is 0 Å². The molecular weight excluding hydrogens is 853 g/mol. The molecule has 0 saturated heterocycles. The van der Waals surface area contributed by atoms with Crippen molar-refractivity contribution in [2.45, 2.75) is 232 Å². The van der Waals surface area contributed by atoms with Crippen molar-refractivity contribution in [3.63, 3.8) is 0 Å². The quantitative estimate of drug-likeness (QED) is 0.0199. The van der Waals surface area contributed by atoms with Gasteiger partial charge in [0.2, 0.25) is 0 Å². The van der Waals surface area contributed by atoms with E-state index in [1.54, 1.807) is 0 Å². The number of rotatable bonds is 48. The molecule has 69 heavy (non-hydrogen) atoms. The fourth-order valence-corrected chi connectivity index (χ4v) is 7.05. The Morgan fingerprint density at radius 2 is 0.638 bits per heavy atom. The van der Waals surface area contributed by atoms with E-state index in [1.165, 1.54) is 57.8 Å². The minimum absolute atomic E-state index is 0.119. The second-order valence-corrected chi connectivity index (χ2v) is 17.8. The molecule has 0 aliphatic rings. The van der Waals surface area contributed by atoms with Gasteiger partial charge in [-0.2, -0.15) is 0 Å². The van der Waals surface area contributed by atoms with Crippen LogP contribution in [0.4, 0.5) is 0 Å². The Balaban J connectivity index is 4.58. The van der Waals surface area contributed by atoms with E-state index in [2.05, 4.69) is 154 Å². The Bertz CT molecular complexity index is 1510. The molecular formula is C63H100O6. The Morgan fingerprint density at radius 1 is 0.319 bits per heavy atom. The number of allylic oxidation sites excluding steroid dienone is 22. The monoisotopic (exact) mass is 953 g/mol. The number of unbranched alkanes of at least 4 members (excludes halogenated alkanes) is 18. The van der Waals surface area contributed by atoms with Crippen molar-refractivity contribution in [2.24, 2.45) is 0 Å². The first-order valence-electron chi connectivity index (χ1n) is 27.7. The number of ether oxygens (including phenoxy) is 3. The third kappa shape index (κ3) is 54.4. The van der Waals surface area contributed by atoms with Gasteiger partial charge in [0.15, 0.2) is 6.10 Å². The first-order valence-corrected chi connectivity index (χ1v) is 27.7. The summed E-state index contributed by atoms with van der Waals surface area (Å²) in [4.78, 5) is 38.1. The molecule has 0 aromatic carbocycles. The normalized spacial score (nSPS) is 13.1. The zero-order valence-corrected chi connectivity index (χ0v) is 44.3. The van der Waals surface area contributed by atoms with Crippen LogP contribution in [0.25, 0.3) is 0 Å². The average molecular weight is 953 g/mol. The van der Waals surface area contributed by atoms with Gasteiger partial charge in [0.1, 0.15) is 13.2 Å². The highest BCUT2D eigenvalue weighted by molar-refractivity contribution is 5.71. The maximum atomic E-state index is 12.8. The summed E-state index contributed by atoms with van der Waals surface area (Å²) in [6, 6.07) is 0. The second kappa shape index (κ2) is 56.1. The van der Waals surface area contributed by atoms with E-state index in [0.29, 0.717) is 19.3 Å². The minimum Gasteiger partial charge on any atom is -0.462 e. The van der Waals surface area contributed by atoms with E-state index in [4.69, 9.17) is 14.2 Å². The van der Waals surface area contributed by atoms with Crippen LogP contribution in [0.1, 0.15) is 226 Å². The van der Waals surface area contributed by atoms with E-state index in [-0.39, 0.29) is 37.5 Å². The lowest BCUT2D eigenvalue weighted by Gasteiger charge is -2.18. The molecule has 0 aliphatic heterocycles. The van der Waals surface area contributed by atoms with E-state index in [1.807, 2.05) is 0 Å². The molecule has 388 valence electrons. The Kier molecular flexibility index (Phi) is 52.5. The lowest BCUT2D eigenvalue weighted by molar-refractivity contribution is -0.167. The molecule has 0 bridgehead atoms.